The maximum Gasteiger partial charge on any atom is 0.445 e. The van der Waals surface area contributed by atoms with E-state index in [-0.39, 0.29) is 23.2 Å². The quantitative estimate of drug-likeness (QED) is 0.688. The van der Waals surface area contributed by atoms with E-state index in [1.165, 1.54) is 30.8 Å². The highest BCUT2D eigenvalue weighted by Crippen LogP contribution is 2.31. The highest BCUT2D eigenvalue weighted by atomic mass is 32.2. The minimum Gasteiger partial charge on any atom is -0.325 e. The van der Waals surface area contributed by atoms with Crippen LogP contribution in [0.15, 0.2) is 34.3 Å². The molecular weight excluding hydrogens is 447 g/mol. The molecular formula is C20H21F3N5O3S+. The van der Waals surface area contributed by atoms with E-state index in [0.717, 1.165) is 28.8 Å². The number of carbonyl (C=O) groups excluding carboxylic acids is 3. The molecule has 0 spiro atoms. The van der Waals surface area contributed by atoms with Crippen molar-refractivity contribution in [2.24, 2.45) is 21.8 Å². The van der Waals surface area contributed by atoms with E-state index in [2.05, 4.69) is 15.3 Å². The average molecular weight is 468 g/mol. The van der Waals surface area contributed by atoms with Crippen molar-refractivity contribution in [3.8, 4) is 0 Å². The summed E-state index contributed by atoms with van der Waals surface area (Å²) in [5, 5.41) is 2.72. The van der Waals surface area contributed by atoms with Gasteiger partial charge in [0.25, 0.3) is 5.84 Å². The number of imide groups is 1. The number of amidine groups is 2. The standard InChI is InChI=1S/C20H20F3N5O3S/c1-10(2)15-25-16-14(18(30)28(4)19(31)27(16)3)17(26-15)32-9-13(29)24-12-7-5-6-11(8-12)20(21,22)23/h5-8,10,14H,9H2,1-4H3/p+1. The minimum absolute atomic E-state index is 0.00602. The van der Waals surface area contributed by atoms with E-state index in [1.807, 2.05) is 13.8 Å². The fourth-order valence-corrected chi connectivity index (χ4v) is 3.96. The molecule has 2 aliphatic rings. The Bertz CT molecular complexity index is 1080. The Hall–Kier alpha value is -3.02. The number of rotatable bonds is 4. The lowest BCUT2D eigenvalue weighted by Crippen LogP contribution is -2.55. The number of hydrogen-bond donors (Lipinski definition) is 1. The number of carbonyl (C=O) groups is 3. The molecule has 12 heteroatoms. The molecule has 4 amide bonds. The monoisotopic (exact) mass is 468 g/mol. The Balaban J connectivity index is 1.80. The Labute approximate surface area is 186 Å². The smallest absolute Gasteiger partial charge is 0.325 e. The fourth-order valence-electron chi connectivity index (χ4n) is 3.07. The summed E-state index contributed by atoms with van der Waals surface area (Å²) < 4.78 is 39.9. The van der Waals surface area contributed by atoms with Crippen LogP contribution in [0.2, 0.25) is 0 Å². The molecule has 0 aliphatic carbocycles. The third kappa shape index (κ3) is 4.74. The number of hydrogen-bond acceptors (Lipinski definition) is 6. The van der Waals surface area contributed by atoms with Gasteiger partial charge in [-0.3, -0.25) is 9.59 Å². The number of anilines is 1. The molecule has 170 valence electrons. The molecule has 8 nitrogen and oxygen atoms in total. The molecule has 1 atom stereocenters. The van der Waals surface area contributed by atoms with E-state index in [1.54, 1.807) is 0 Å². The zero-order valence-electron chi connectivity index (χ0n) is 17.7. The first-order chi connectivity index (χ1) is 14.9. The Morgan fingerprint density at radius 3 is 2.59 bits per heavy atom. The number of benzene rings is 1. The third-order valence-electron chi connectivity index (χ3n) is 4.80. The number of aliphatic imine (C=N–C) groups is 2. The van der Waals surface area contributed by atoms with Gasteiger partial charge in [-0.15, -0.1) is 0 Å². The van der Waals surface area contributed by atoms with Crippen LogP contribution in [0.1, 0.15) is 19.4 Å². The van der Waals surface area contributed by atoms with Crippen molar-refractivity contribution in [2.75, 3.05) is 25.2 Å². The predicted octanol–water partition coefficient (Wildman–Crippen LogP) is 3.09. The van der Waals surface area contributed by atoms with E-state index < -0.39 is 35.5 Å². The first kappa shape index (κ1) is 23.6. The number of halogens is 3. The van der Waals surface area contributed by atoms with Crippen molar-refractivity contribution in [3.05, 3.63) is 29.8 Å². The second-order valence-electron chi connectivity index (χ2n) is 7.52. The van der Waals surface area contributed by atoms with Crippen LogP contribution in [-0.4, -0.2) is 63.9 Å². The number of nitrogens with one attached hydrogen (secondary N) is 1. The summed E-state index contributed by atoms with van der Waals surface area (Å²) in [6.07, 6.45) is -4.53. The molecule has 1 aromatic carbocycles. The number of alkyl halides is 3. The second-order valence-corrected chi connectivity index (χ2v) is 8.52. The van der Waals surface area contributed by atoms with Crippen LogP contribution in [-0.2, 0) is 15.8 Å². The molecule has 0 radical (unpaired) electrons. The molecule has 0 fully saturated rings. The van der Waals surface area contributed by atoms with Crippen LogP contribution < -0.4 is 5.32 Å². The third-order valence-corrected chi connectivity index (χ3v) is 5.82. The molecule has 0 saturated heterocycles. The lowest BCUT2D eigenvalue weighted by atomic mass is 10.0. The Morgan fingerprint density at radius 1 is 1.28 bits per heavy atom. The average Bonchev–Trinajstić information content (AvgIpc) is 2.73. The molecule has 1 aromatic rings. The van der Waals surface area contributed by atoms with Gasteiger partial charge in [-0.05, 0) is 18.2 Å². The van der Waals surface area contributed by atoms with Gasteiger partial charge in [0.1, 0.15) is 5.04 Å². The summed E-state index contributed by atoms with van der Waals surface area (Å²) in [5.74, 6) is -1.66. The van der Waals surface area contributed by atoms with Gasteiger partial charge in [-0.2, -0.15) is 22.6 Å². The first-order valence-electron chi connectivity index (χ1n) is 9.59. The highest BCUT2D eigenvalue weighted by molar-refractivity contribution is 8.14. The van der Waals surface area contributed by atoms with Gasteiger partial charge >= 0.3 is 18.1 Å². The van der Waals surface area contributed by atoms with Gasteiger partial charge in [0.05, 0.1) is 25.4 Å². The Kier molecular flexibility index (Phi) is 6.54. The van der Waals surface area contributed by atoms with Crippen LogP contribution >= 0.6 is 11.8 Å². The molecule has 0 bridgehead atoms. The minimum atomic E-state index is -4.53. The largest absolute Gasteiger partial charge is 0.445 e. The molecule has 1 unspecified atom stereocenters. The van der Waals surface area contributed by atoms with Gasteiger partial charge in [-0.25, -0.2) is 9.79 Å². The lowest BCUT2D eigenvalue weighted by Gasteiger charge is -2.26. The number of urea groups is 1. The van der Waals surface area contributed by atoms with E-state index in [4.69, 9.17) is 0 Å². The van der Waals surface area contributed by atoms with Crippen LogP contribution in [0.5, 0.6) is 0 Å². The van der Waals surface area contributed by atoms with Crippen molar-refractivity contribution < 1.29 is 32.1 Å². The van der Waals surface area contributed by atoms with Crippen molar-refractivity contribution >= 4 is 52.0 Å². The normalized spacial score (nSPS) is 19.1. The van der Waals surface area contributed by atoms with Gasteiger partial charge in [0.15, 0.2) is 5.92 Å². The highest BCUT2D eigenvalue weighted by Gasteiger charge is 2.49. The summed E-state index contributed by atoms with van der Waals surface area (Å²) in [5.41, 5.74) is -0.869. The summed E-state index contributed by atoms with van der Waals surface area (Å²) in [6.45, 7) is 3.70. The van der Waals surface area contributed by atoms with Gasteiger partial charge in [0, 0.05) is 11.6 Å². The van der Waals surface area contributed by atoms with Crippen molar-refractivity contribution in [1.29, 1.82) is 0 Å². The summed E-state index contributed by atoms with van der Waals surface area (Å²) >= 11 is 0.979. The molecule has 3 rings (SSSR count). The van der Waals surface area contributed by atoms with Gasteiger partial charge in [-0.1, -0.05) is 36.7 Å². The van der Waals surface area contributed by atoms with Crippen molar-refractivity contribution in [1.82, 2.24) is 4.90 Å². The summed E-state index contributed by atoms with van der Waals surface area (Å²) in [7, 11) is 2.85. The summed E-state index contributed by atoms with van der Waals surface area (Å²) in [6, 6.07) is 3.78. The van der Waals surface area contributed by atoms with Crippen LogP contribution in [0.25, 0.3) is 0 Å². The maximum absolute atomic E-state index is 12.9. The van der Waals surface area contributed by atoms with Gasteiger partial charge < -0.3 is 5.32 Å². The first-order valence-corrected chi connectivity index (χ1v) is 10.6. The zero-order chi connectivity index (χ0) is 23.8. The van der Waals surface area contributed by atoms with Crippen molar-refractivity contribution in [2.45, 2.75) is 20.0 Å². The molecule has 32 heavy (non-hydrogen) atoms. The summed E-state index contributed by atoms with van der Waals surface area (Å²) in [4.78, 5) is 47.2. The van der Waals surface area contributed by atoms with E-state index >= 15 is 0 Å². The van der Waals surface area contributed by atoms with E-state index in [0.29, 0.717) is 10.9 Å². The topological polar surface area (TPSA) is 94.2 Å². The second kappa shape index (κ2) is 8.85. The zero-order valence-corrected chi connectivity index (χ0v) is 18.5. The number of amides is 4. The molecule has 2 heterocycles. The van der Waals surface area contributed by atoms with Gasteiger partial charge in [0.2, 0.25) is 11.7 Å². The fraction of sp³-hybridized carbons (Fsp3) is 0.400. The van der Waals surface area contributed by atoms with E-state index in [9.17, 15) is 27.6 Å². The van der Waals surface area contributed by atoms with Crippen LogP contribution in [0.4, 0.5) is 23.7 Å². The molecule has 2 aliphatic heterocycles. The molecule has 0 aromatic heterocycles. The lowest BCUT2D eigenvalue weighted by molar-refractivity contribution is -0.407. The molecule has 0 saturated carbocycles. The van der Waals surface area contributed by atoms with Crippen LogP contribution in [0, 0.1) is 11.8 Å². The van der Waals surface area contributed by atoms with Crippen molar-refractivity contribution in [3.63, 3.8) is 0 Å². The maximum atomic E-state index is 12.9. The number of thioether (sulfide) groups is 1. The molecule has 1 N–H and O–H groups in total. The SMILES string of the molecule is CC(C)C1=NC2=[N+](C)C(=O)N(C)C(=O)C2C(SCC(=O)Nc2cccc(C(F)(F)F)c2)=N1. The number of fused-ring (bicyclic) bond motifs is 1. The number of nitrogens with zero attached hydrogens (tertiary/aromatic N) is 4. The van der Waals surface area contributed by atoms with Crippen LogP contribution in [0.3, 0.4) is 0 Å². The predicted molar refractivity (Wildman–Crippen MR) is 115 cm³/mol. The Morgan fingerprint density at radius 2 is 1.97 bits per heavy atom.